The third-order valence-electron chi connectivity index (χ3n) is 3.41. The maximum Gasteiger partial charge on any atom is 0.0611 e. The van der Waals surface area contributed by atoms with Crippen LogP contribution in [0.1, 0.15) is 53.9 Å². The molecule has 110 valence electrons. The normalized spacial score (nSPS) is 15.7. The zero-order valence-electron chi connectivity index (χ0n) is 13.1. The Balaban J connectivity index is 4.09. The fourth-order valence-electron chi connectivity index (χ4n) is 2.31. The van der Waals surface area contributed by atoms with Gasteiger partial charge in [-0.2, -0.15) is 0 Å². The molecule has 1 unspecified atom stereocenters. The van der Waals surface area contributed by atoms with Crippen molar-refractivity contribution in [2.24, 2.45) is 17.6 Å². The molecule has 0 rings (SSSR count). The van der Waals surface area contributed by atoms with Crippen LogP contribution in [0.4, 0.5) is 0 Å². The summed E-state index contributed by atoms with van der Waals surface area (Å²) >= 11 is 0. The number of nitrogens with zero attached hydrogens (tertiary/aromatic N) is 1. The molecule has 0 saturated heterocycles. The highest BCUT2D eigenvalue weighted by Gasteiger charge is 2.21. The van der Waals surface area contributed by atoms with E-state index in [1.807, 2.05) is 0 Å². The highest BCUT2D eigenvalue weighted by atomic mass is 16.3. The van der Waals surface area contributed by atoms with E-state index in [4.69, 9.17) is 5.73 Å². The van der Waals surface area contributed by atoms with Crippen LogP contribution < -0.4 is 5.73 Å². The van der Waals surface area contributed by atoms with Crippen molar-refractivity contribution in [1.29, 1.82) is 0 Å². The van der Waals surface area contributed by atoms with Gasteiger partial charge in [-0.05, 0) is 37.6 Å². The van der Waals surface area contributed by atoms with Crippen LogP contribution in [-0.2, 0) is 0 Å². The van der Waals surface area contributed by atoms with Gasteiger partial charge in [-0.15, -0.1) is 0 Å². The number of aliphatic hydroxyl groups is 1. The van der Waals surface area contributed by atoms with Gasteiger partial charge in [-0.25, -0.2) is 0 Å². The second kappa shape index (κ2) is 8.89. The summed E-state index contributed by atoms with van der Waals surface area (Å²) in [5.74, 6) is 1.41. The Bertz CT molecular complexity index is 191. The number of hydrogen-bond donors (Lipinski definition) is 2. The Morgan fingerprint density at radius 2 is 1.61 bits per heavy atom. The van der Waals surface area contributed by atoms with Gasteiger partial charge in [0, 0.05) is 18.6 Å². The Morgan fingerprint density at radius 1 is 1.11 bits per heavy atom. The smallest absolute Gasteiger partial charge is 0.0611 e. The van der Waals surface area contributed by atoms with Gasteiger partial charge in [0.05, 0.1) is 6.61 Å². The molecule has 3 heteroatoms. The molecule has 0 heterocycles. The Labute approximate surface area is 114 Å². The third-order valence-corrected chi connectivity index (χ3v) is 3.41. The van der Waals surface area contributed by atoms with Crippen LogP contribution >= 0.6 is 0 Å². The lowest BCUT2D eigenvalue weighted by atomic mass is 9.92. The van der Waals surface area contributed by atoms with E-state index in [-0.39, 0.29) is 12.1 Å². The van der Waals surface area contributed by atoms with Crippen molar-refractivity contribution in [1.82, 2.24) is 4.90 Å². The molecule has 3 N–H and O–H groups in total. The van der Waals surface area contributed by atoms with E-state index in [1.165, 1.54) is 0 Å². The summed E-state index contributed by atoms with van der Waals surface area (Å²) in [4.78, 5) is 2.53. The number of aliphatic hydroxyl groups excluding tert-OH is 1. The fourth-order valence-corrected chi connectivity index (χ4v) is 2.31. The summed E-state index contributed by atoms with van der Waals surface area (Å²) in [6.07, 6.45) is 2.83. The molecule has 0 amide bonds. The Kier molecular flexibility index (Phi) is 8.83. The molecular weight excluding hydrogens is 224 g/mol. The second-order valence-corrected chi connectivity index (χ2v) is 6.52. The van der Waals surface area contributed by atoms with E-state index in [9.17, 15) is 5.11 Å². The van der Waals surface area contributed by atoms with Crippen molar-refractivity contribution in [2.75, 3.05) is 26.2 Å². The average molecular weight is 258 g/mol. The van der Waals surface area contributed by atoms with Gasteiger partial charge in [0.1, 0.15) is 0 Å². The average Bonchev–Trinajstić information content (AvgIpc) is 2.27. The summed E-state index contributed by atoms with van der Waals surface area (Å²) in [6.45, 7) is 14.6. The van der Waals surface area contributed by atoms with Gasteiger partial charge >= 0.3 is 0 Å². The highest BCUT2D eigenvalue weighted by molar-refractivity contribution is 4.81. The topological polar surface area (TPSA) is 49.5 Å². The summed E-state index contributed by atoms with van der Waals surface area (Å²) in [6, 6.07) is 0. The first kappa shape index (κ1) is 17.9. The number of rotatable bonds is 10. The molecule has 0 aromatic carbocycles. The largest absolute Gasteiger partial charge is 0.394 e. The van der Waals surface area contributed by atoms with E-state index in [0.717, 1.165) is 38.9 Å². The molecule has 18 heavy (non-hydrogen) atoms. The molecule has 0 spiro atoms. The maximum atomic E-state index is 9.30. The SMILES string of the molecule is CCC(N)(CO)CCCN(CC(C)C)CC(C)C. The second-order valence-electron chi connectivity index (χ2n) is 6.52. The first-order valence-corrected chi connectivity index (χ1v) is 7.45. The summed E-state index contributed by atoms with van der Waals surface area (Å²) in [7, 11) is 0. The van der Waals surface area contributed by atoms with Crippen molar-refractivity contribution >= 4 is 0 Å². The molecule has 0 aliphatic rings. The van der Waals surface area contributed by atoms with E-state index in [0.29, 0.717) is 11.8 Å². The molecule has 0 aromatic rings. The molecule has 0 aromatic heterocycles. The predicted octanol–water partition coefficient (Wildman–Crippen LogP) is 2.48. The Morgan fingerprint density at radius 3 is 1.94 bits per heavy atom. The monoisotopic (exact) mass is 258 g/mol. The molecule has 0 aliphatic carbocycles. The first-order valence-electron chi connectivity index (χ1n) is 7.45. The maximum absolute atomic E-state index is 9.30. The molecular formula is C15H34N2O. The van der Waals surface area contributed by atoms with Gasteiger partial charge in [-0.1, -0.05) is 34.6 Å². The van der Waals surface area contributed by atoms with Crippen LogP contribution in [0.3, 0.4) is 0 Å². The minimum Gasteiger partial charge on any atom is -0.394 e. The summed E-state index contributed by atoms with van der Waals surface area (Å²) in [5, 5.41) is 9.30. The lowest BCUT2D eigenvalue weighted by Crippen LogP contribution is -2.43. The van der Waals surface area contributed by atoms with Crippen LogP contribution in [0.5, 0.6) is 0 Å². The molecule has 3 nitrogen and oxygen atoms in total. The highest BCUT2D eigenvalue weighted by Crippen LogP contribution is 2.14. The minimum atomic E-state index is -0.374. The standard InChI is InChI=1S/C15H34N2O/c1-6-15(16,12-18)8-7-9-17(10-13(2)3)11-14(4)5/h13-14,18H,6-12,16H2,1-5H3. The van der Waals surface area contributed by atoms with Crippen LogP contribution in [0.15, 0.2) is 0 Å². The van der Waals surface area contributed by atoms with Crippen molar-refractivity contribution in [3.8, 4) is 0 Å². The fraction of sp³-hybridized carbons (Fsp3) is 1.00. The van der Waals surface area contributed by atoms with Gasteiger partial charge in [0.2, 0.25) is 0 Å². The van der Waals surface area contributed by atoms with E-state index < -0.39 is 0 Å². The molecule has 1 atom stereocenters. The van der Waals surface area contributed by atoms with Crippen molar-refractivity contribution in [3.63, 3.8) is 0 Å². The number of nitrogens with two attached hydrogens (primary N) is 1. The van der Waals surface area contributed by atoms with Crippen LogP contribution in [0.2, 0.25) is 0 Å². The zero-order valence-corrected chi connectivity index (χ0v) is 13.1. The van der Waals surface area contributed by atoms with Gasteiger partial charge < -0.3 is 15.7 Å². The molecule has 0 aliphatic heterocycles. The van der Waals surface area contributed by atoms with Gasteiger partial charge in [0.15, 0.2) is 0 Å². The first-order chi connectivity index (χ1) is 8.33. The van der Waals surface area contributed by atoms with Crippen molar-refractivity contribution in [3.05, 3.63) is 0 Å². The zero-order chi connectivity index (χ0) is 14.2. The van der Waals surface area contributed by atoms with Crippen LogP contribution in [0.25, 0.3) is 0 Å². The Hall–Kier alpha value is -0.120. The van der Waals surface area contributed by atoms with Crippen molar-refractivity contribution in [2.45, 2.75) is 59.4 Å². The predicted molar refractivity (Wildman–Crippen MR) is 79.6 cm³/mol. The lowest BCUT2D eigenvalue weighted by Gasteiger charge is -2.29. The van der Waals surface area contributed by atoms with Gasteiger partial charge in [0.25, 0.3) is 0 Å². The summed E-state index contributed by atoms with van der Waals surface area (Å²) in [5.41, 5.74) is 5.74. The minimum absolute atomic E-state index is 0.0951. The molecule has 0 bridgehead atoms. The van der Waals surface area contributed by atoms with Crippen LogP contribution in [0, 0.1) is 11.8 Å². The van der Waals surface area contributed by atoms with Crippen molar-refractivity contribution < 1.29 is 5.11 Å². The van der Waals surface area contributed by atoms with E-state index in [1.54, 1.807) is 0 Å². The van der Waals surface area contributed by atoms with E-state index in [2.05, 4.69) is 39.5 Å². The molecule has 0 radical (unpaired) electrons. The van der Waals surface area contributed by atoms with E-state index >= 15 is 0 Å². The molecule has 0 saturated carbocycles. The summed E-state index contributed by atoms with van der Waals surface area (Å²) < 4.78 is 0. The lowest BCUT2D eigenvalue weighted by molar-refractivity contribution is 0.164. The third kappa shape index (κ3) is 8.06. The quantitative estimate of drug-likeness (QED) is 0.633. The van der Waals surface area contributed by atoms with Crippen LogP contribution in [-0.4, -0.2) is 41.8 Å². The molecule has 0 fully saturated rings. The van der Waals surface area contributed by atoms with Gasteiger partial charge in [-0.3, -0.25) is 0 Å². The number of hydrogen-bond acceptors (Lipinski definition) is 3.